The third kappa shape index (κ3) is 6.00. The quantitative estimate of drug-likeness (QED) is 0.172. The van der Waals surface area contributed by atoms with E-state index in [0.29, 0.717) is 10.8 Å². The Bertz CT molecular complexity index is 2280. The summed E-state index contributed by atoms with van der Waals surface area (Å²) < 4.78 is 7.60. The maximum absolute atomic E-state index is 12.2. The molecule has 2 amide bonds. The van der Waals surface area contributed by atoms with E-state index in [1.54, 1.807) is 12.1 Å². The number of benzene rings is 1. The van der Waals surface area contributed by atoms with E-state index >= 15 is 0 Å². The van der Waals surface area contributed by atoms with Gasteiger partial charge in [0.1, 0.15) is 12.8 Å². The van der Waals surface area contributed by atoms with Crippen LogP contribution in [0.3, 0.4) is 0 Å². The van der Waals surface area contributed by atoms with Gasteiger partial charge in [0.25, 0.3) is 11.8 Å². The van der Waals surface area contributed by atoms with Crippen LogP contribution in [0.4, 0.5) is 0 Å². The van der Waals surface area contributed by atoms with Crippen molar-refractivity contribution in [2.45, 2.75) is 12.8 Å². The molecule has 49 heavy (non-hydrogen) atoms. The molecule has 1 fully saturated rings. The largest absolute Gasteiger partial charge is 0.482 e. The number of nitrogens with one attached hydrogen (secondary N) is 2. The van der Waals surface area contributed by atoms with E-state index < -0.39 is 24.4 Å². The Labute approximate surface area is 279 Å². The second-order valence-corrected chi connectivity index (χ2v) is 11.8. The van der Waals surface area contributed by atoms with Gasteiger partial charge in [-0.25, -0.2) is 19.3 Å². The lowest BCUT2D eigenvalue weighted by atomic mass is 10.0. The number of ether oxygens (including phenoxy) is 1. The number of carbonyl (C=O) groups excluding carboxylic acids is 3. The lowest BCUT2D eigenvalue weighted by Crippen LogP contribution is -2.33. The molecule has 0 spiro atoms. The Morgan fingerprint density at radius 3 is 1.86 bits per heavy atom. The van der Waals surface area contributed by atoms with E-state index in [1.807, 2.05) is 84.7 Å². The fourth-order valence-corrected chi connectivity index (χ4v) is 5.99. The van der Waals surface area contributed by atoms with Crippen LogP contribution in [0.5, 0.6) is 5.75 Å². The first-order valence-electron chi connectivity index (χ1n) is 15.7. The number of aromatic nitrogens is 5. The fourth-order valence-electron chi connectivity index (χ4n) is 5.99. The van der Waals surface area contributed by atoms with Gasteiger partial charge in [-0.2, -0.15) is 0 Å². The topological polar surface area (TPSA) is 134 Å². The molecule has 4 aromatic heterocycles. The van der Waals surface area contributed by atoms with Gasteiger partial charge in [0.05, 0.1) is 22.8 Å². The first-order valence-corrected chi connectivity index (χ1v) is 15.7. The molecule has 11 heteroatoms. The summed E-state index contributed by atoms with van der Waals surface area (Å²) in [6.45, 7) is -0.468. The number of carbonyl (C=O) groups is 3. The van der Waals surface area contributed by atoms with Crippen LogP contribution in [0.2, 0.25) is 0 Å². The summed E-state index contributed by atoms with van der Waals surface area (Å²) in [6, 6.07) is 23.7. The molecular weight excluding hydrogens is 620 g/mol. The fraction of sp³-hybridized carbons (Fsp3) is 0.105. The molecule has 0 saturated carbocycles. The van der Waals surface area contributed by atoms with Crippen LogP contribution in [0.1, 0.15) is 35.6 Å². The average Bonchev–Trinajstić information content (AvgIpc) is 3.95. The Hall–Kier alpha value is -6.62. The molecule has 0 atom stereocenters. The lowest BCUT2D eigenvalue weighted by Gasteiger charge is -2.13. The van der Waals surface area contributed by atoms with Gasteiger partial charge in [0.2, 0.25) is 0 Å². The van der Waals surface area contributed by atoms with Crippen LogP contribution in [0.15, 0.2) is 85.2 Å². The summed E-state index contributed by atoms with van der Waals surface area (Å²) in [7, 11) is 2.00. The van der Waals surface area contributed by atoms with Crippen molar-refractivity contribution in [1.29, 1.82) is 0 Å². The van der Waals surface area contributed by atoms with Crippen molar-refractivity contribution >= 4 is 64.2 Å². The number of amides is 2. The molecule has 1 aromatic carbocycles. The lowest BCUT2D eigenvalue weighted by molar-refractivity contribution is -0.671. The Balaban J connectivity index is 1.18. The molecule has 8 bridgehead atoms. The van der Waals surface area contributed by atoms with Crippen LogP contribution in [0.25, 0.3) is 68.6 Å². The number of fused-ring (bicyclic) bond motifs is 8. The van der Waals surface area contributed by atoms with Gasteiger partial charge in [-0.05, 0) is 84.0 Å². The highest BCUT2D eigenvalue weighted by atomic mass is 16.7. The zero-order valence-corrected chi connectivity index (χ0v) is 26.3. The molecule has 11 nitrogen and oxygen atoms in total. The van der Waals surface area contributed by atoms with E-state index in [9.17, 15) is 14.4 Å². The van der Waals surface area contributed by atoms with Crippen molar-refractivity contribution < 1.29 is 28.5 Å². The number of rotatable bonds is 6. The number of nitrogens with zero attached hydrogens (tertiary/aromatic N) is 4. The Morgan fingerprint density at radius 2 is 1.29 bits per heavy atom. The maximum Gasteiger partial charge on any atom is 0.370 e. The van der Waals surface area contributed by atoms with E-state index in [-0.39, 0.29) is 12.8 Å². The minimum Gasteiger partial charge on any atom is -0.482 e. The Kier molecular flexibility index (Phi) is 7.41. The first-order chi connectivity index (χ1) is 23.9. The van der Waals surface area contributed by atoms with E-state index in [4.69, 9.17) is 19.5 Å². The number of hydrogen-bond acceptors (Lipinski definition) is 7. The van der Waals surface area contributed by atoms with Gasteiger partial charge in [0, 0.05) is 58.2 Å². The summed E-state index contributed by atoms with van der Waals surface area (Å²) in [6.07, 6.45) is 12.0. The van der Waals surface area contributed by atoms with Crippen molar-refractivity contribution in [2.75, 3.05) is 6.61 Å². The van der Waals surface area contributed by atoms with Gasteiger partial charge >= 0.3 is 5.97 Å². The number of hydrogen-bond donors (Lipinski definition) is 2. The molecule has 7 heterocycles. The van der Waals surface area contributed by atoms with Crippen LogP contribution in [-0.4, -0.2) is 49.4 Å². The van der Waals surface area contributed by atoms with Crippen molar-refractivity contribution in [3.05, 3.63) is 108 Å². The van der Waals surface area contributed by atoms with Crippen molar-refractivity contribution in [3.8, 4) is 28.0 Å². The monoisotopic (exact) mass is 649 g/mol. The third-order valence-electron chi connectivity index (χ3n) is 8.36. The molecule has 5 aromatic rings. The number of pyridine rings is 1. The minimum atomic E-state index is -0.846. The van der Waals surface area contributed by atoms with Gasteiger partial charge in [-0.15, -0.1) is 5.06 Å². The number of imide groups is 1. The van der Waals surface area contributed by atoms with Crippen LogP contribution < -0.4 is 9.30 Å². The van der Waals surface area contributed by atoms with E-state index in [2.05, 4.69) is 34.2 Å². The van der Waals surface area contributed by atoms with Crippen molar-refractivity contribution in [2.24, 2.45) is 7.05 Å². The second kappa shape index (κ2) is 12.2. The Morgan fingerprint density at radius 1 is 0.735 bits per heavy atom. The van der Waals surface area contributed by atoms with E-state index in [1.165, 1.54) is 0 Å². The molecule has 1 saturated heterocycles. The van der Waals surface area contributed by atoms with Crippen LogP contribution >= 0.6 is 0 Å². The molecule has 8 rings (SSSR count). The molecule has 0 radical (unpaired) electrons. The van der Waals surface area contributed by atoms with E-state index in [0.717, 1.165) is 67.1 Å². The van der Waals surface area contributed by atoms with Crippen LogP contribution in [-0.2, 0) is 26.3 Å². The summed E-state index contributed by atoms with van der Waals surface area (Å²) in [5.41, 5.74) is 10.7. The summed E-state index contributed by atoms with van der Waals surface area (Å²) in [4.78, 5) is 57.7. The number of hydroxylamine groups is 2. The second-order valence-electron chi connectivity index (χ2n) is 11.8. The van der Waals surface area contributed by atoms with Gasteiger partial charge in [-0.1, -0.05) is 12.1 Å². The summed E-state index contributed by atoms with van der Waals surface area (Å²) in [5, 5.41) is 0.503. The average molecular weight is 650 g/mol. The standard InChI is InChI=1S/C38H28N6O5/c1-43-18-16-24(17-19-43)38-32-12-6-27(41-32)20-25-4-10-30(39-25)37(31-11-5-26(40-31)21-28-7-13-33(38)42-28)23-2-8-29(9-3-23)48-22-36(47)49-44-34(45)14-15-35(44)46/h2-13,16-21H,14-15,22H2,1H3,(H,39,40,41,42)/p+1. The first kappa shape index (κ1) is 29.8. The number of aryl methyl sites for hydroxylation is 1. The van der Waals surface area contributed by atoms with Crippen LogP contribution in [0, 0.1) is 0 Å². The predicted octanol–water partition coefficient (Wildman–Crippen LogP) is 5.80. The molecule has 240 valence electrons. The smallest absolute Gasteiger partial charge is 0.370 e. The number of aromatic amines is 2. The van der Waals surface area contributed by atoms with Gasteiger partial charge < -0.3 is 19.5 Å². The minimum absolute atomic E-state index is 0.0239. The highest BCUT2D eigenvalue weighted by Crippen LogP contribution is 2.33. The normalized spacial score (nSPS) is 13.7. The SMILES string of the molecule is C[n+]1ccc(-c2c3ccc(cc4nc(c(-c5ccc(OCC(=O)ON6C(=O)CCC6=O)cc5)c5nc(cc6ccc2[nH]6)C=C5)C=C4)[nH]3)cc1. The predicted molar refractivity (Wildman–Crippen MR) is 184 cm³/mol. The van der Waals surface area contributed by atoms with Gasteiger partial charge in [-0.3, -0.25) is 9.59 Å². The van der Waals surface area contributed by atoms with Gasteiger partial charge in [0.15, 0.2) is 19.0 Å². The van der Waals surface area contributed by atoms with Crippen molar-refractivity contribution in [3.63, 3.8) is 0 Å². The molecule has 3 aliphatic rings. The highest BCUT2D eigenvalue weighted by molar-refractivity contribution is 6.01. The highest BCUT2D eigenvalue weighted by Gasteiger charge is 2.33. The summed E-state index contributed by atoms with van der Waals surface area (Å²) in [5.74, 6) is -1.52. The molecule has 2 N–H and O–H groups in total. The summed E-state index contributed by atoms with van der Waals surface area (Å²) >= 11 is 0. The third-order valence-corrected chi connectivity index (χ3v) is 8.36. The molecular formula is C38H29N6O5+. The maximum atomic E-state index is 12.2. The molecule has 0 aliphatic carbocycles. The van der Waals surface area contributed by atoms with Crippen molar-refractivity contribution in [1.82, 2.24) is 25.0 Å². The molecule has 0 unspecified atom stereocenters. The molecule has 3 aliphatic heterocycles. The number of H-pyrrole nitrogens is 2. The zero-order chi connectivity index (χ0) is 33.5. The zero-order valence-electron chi connectivity index (χ0n) is 26.3.